The highest BCUT2D eigenvalue weighted by atomic mass is 28.4. The zero-order valence-corrected chi connectivity index (χ0v) is 26.7. The smallest absolute Gasteiger partial charge is 0.338 e. The molecule has 4 atom stereocenters. The van der Waals surface area contributed by atoms with Crippen LogP contribution in [0.3, 0.4) is 0 Å². The summed E-state index contributed by atoms with van der Waals surface area (Å²) in [5.74, 6) is -0.451. The number of hydrogen-bond donors (Lipinski definition) is 2. The first kappa shape index (κ1) is 33.3. The Morgan fingerprint density at radius 1 is 0.881 bits per heavy atom. The second kappa shape index (κ2) is 15.3. The number of carbonyl (C=O) groups is 1. The van der Waals surface area contributed by atoms with Crippen molar-refractivity contribution in [3.63, 3.8) is 0 Å². The summed E-state index contributed by atoms with van der Waals surface area (Å²) in [5.41, 5.74) is 0.405. The lowest BCUT2D eigenvalue weighted by molar-refractivity contribution is -0.0408. The Balaban J connectivity index is 1.96. The van der Waals surface area contributed by atoms with Gasteiger partial charge in [0, 0.05) is 18.4 Å². The lowest BCUT2D eigenvalue weighted by Gasteiger charge is -2.44. The third-order valence-electron chi connectivity index (χ3n) is 7.88. The van der Waals surface area contributed by atoms with Gasteiger partial charge in [-0.2, -0.15) is 0 Å². The summed E-state index contributed by atoms with van der Waals surface area (Å²) in [6, 6.07) is 27.6. The van der Waals surface area contributed by atoms with Crippen LogP contribution in [0.4, 0.5) is 0 Å². The largest absolute Gasteiger partial charge is 0.497 e. The van der Waals surface area contributed by atoms with Crippen molar-refractivity contribution >= 4 is 24.7 Å². The lowest BCUT2D eigenvalue weighted by Crippen LogP contribution is -2.67. The molecule has 0 heterocycles. The molecule has 42 heavy (non-hydrogen) atoms. The van der Waals surface area contributed by atoms with Crippen LogP contribution >= 0.6 is 0 Å². The molecule has 0 aromatic heterocycles. The normalized spacial score (nSPS) is 15.1. The summed E-state index contributed by atoms with van der Waals surface area (Å²) in [6.45, 7) is 10.8. The number of rotatable bonds is 14. The Hall–Kier alpha value is -3.23. The van der Waals surface area contributed by atoms with E-state index in [9.17, 15) is 9.90 Å². The third-order valence-corrected chi connectivity index (χ3v) is 12.9. The van der Waals surface area contributed by atoms with Crippen molar-refractivity contribution in [2.24, 2.45) is 11.8 Å². The average molecular weight is 591 g/mol. The Kier molecular flexibility index (Phi) is 12.1. The van der Waals surface area contributed by atoms with Gasteiger partial charge in [0.15, 0.2) is 0 Å². The molecule has 0 saturated heterocycles. The van der Waals surface area contributed by atoms with Crippen molar-refractivity contribution in [2.75, 3.05) is 20.3 Å². The predicted molar refractivity (Wildman–Crippen MR) is 171 cm³/mol. The van der Waals surface area contributed by atoms with Gasteiger partial charge < -0.3 is 24.1 Å². The Labute approximate surface area is 252 Å². The van der Waals surface area contributed by atoms with Gasteiger partial charge in [0.1, 0.15) is 11.9 Å². The predicted octanol–water partition coefficient (Wildman–Crippen LogP) is 5.37. The van der Waals surface area contributed by atoms with E-state index in [2.05, 4.69) is 69.3 Å². The summed E-state index contributed by atoms with van der Waals surface area (Å²) >= 11 is 0. The maximum atomic E-state index is 13.3. The molecular weight excluding hydrogens is 544 g/mol. The molecule has 0 saturated carbocycles. The number of carbonyl (C=O) groups excluding carboxylic acids is 1. The van der Waals surface area contributed by atoms with Gasteiger partial charge in [-0.25, -0.2) is 4.79 Å². The van der Waals surface area contributed by atoms with Crippen molar-refractivity contribution in [2.45, 2.75) is 58.3 Å². The van der Waals surface area contributed by atoms with Gasteiger partial charge >= 0.3 is 5.97 Å². The number of hydrogen-bond acceptors (Lipinski definition) is 6. The van der Waals surface area contributed by atoms with E-state index in [4.69, 9.17) is 19.0 Å². The molecule has 0 fully saturated rings. The van der Waals surface area contributed by atoms with E-state index in [0.29, 0.717) is 24.3 Å². The molecule has 3 aromatic rings. The second-order valence-electron chi connectivity index (χ2n) is 11.9. The van der Waals surface area contributed by atoms with Gasteiger partial charge in [0.05, 0.1) is 25.4 Å². The molecule has 0 amide bonds. The Bertz CT molecular complexity index is 1210. The summed E-state index contributed by atoms with van der Waals surface area (Å²) in [6.07, 6.45) is 2.27. The van der Waals surface area contributed by atoms with E-state index in [1.807, 2.05) is 26.0 Å². The summed E-state index contributed by atoms with van der Waals surface area (Å²) in [7, 11) is -1.24. The van der Waals surface area contributed by atoms with E-state index in [0.717, 1.165) is 0 Å². The van der Waals surface area contributed by atoms with Crippen LogP contribution in [-0.4, -0.2) is 57.0 Å². The highest BCUT2D eigenvalue weighted by Crippen LogP contribution is 2.37. The van der Waals surface area contributed by atoms with Crippen LogP contribution in [0.25, 0.3) is 0 Å². The maximum Gasteiger partial charge on any atom is 0.338 e. The lowest BCUT2D eigenvalue weighted by atomic mass is 9.88. The van der Waals surface area contributed by atoms with Gasteiger partial charge in [-0.3, -0.25) is 0 Å². The zero-order valence-electron chi connectivity index (χ0n) is 25.7. The number of benzene rings is 3. The molecule has 0 aliphatic carbocycles. The molecule has 0 bridgehead atoms. The van der Waals surface area contributed by atoms with Crippen LogP contribution in [0, 0.1) is 11.8 Å². The highest BCUT2D eigenvalue weighted by molar-refractivity contribution is 6.99. The van der Waals surface area contributed by atoms with Gasteiger partial charge in [0.2, 0.25) is 0 Å². The second-order valence-corrected chi connectivity index (χ2v) is 16.2. The van der Waals surface area contributed by atoms with Gasteiger partial charge in [-0.05, 0) is 46.1 Å². The number of esters is 1. The minimum absolute atomic E-state index is 0.0975. The molecule has 2 N–H and O–H groups in total. The Morgan fingerprint density at radius 3 is 1.90 bits per heavy atom. The molecule has 0 aliphatic heterocycles. The number of aliphatic hydroxyl groups is 2. The van der Waals surface area contributed by atoms with E-state index in [1.54, 1.807) is 43.5 Å². The SMILES string of the molecule is COc1ccc(C(=O)O[C@H]([C@@H](C)[C@@H](O)C/C=C/CO)[C@@H](C)CO[Si](c2ccccc2)(c2ccccc2)C(C)(C)C)cc1. The van der Waals surface area contributed by atoms with Crippen LogP contribution in [0.2, 0.25) is 5.04 Å². The summed E-state index contributed by atoms with van der Waals surface area (Å²) < 4.78 is 18.5. The first-order chi connectivity index (χ1) is 20.0. The van der Waals surface area contributed by atoms with Crippen molar-refractivity contribution in [1.82, 2.24) is 0 Å². The van der Waals surface area contributed by atoms with Crippen molar-refractivity contribution in [3.05, 3.63) is 103 Å². The maximum absolute atomic E-state index is 13.3. The minimum Gasteiger partial charge on any atom is -0.497 e. The fourth-order valence-corrected chi connectivity index (χ4v) is 10.2. The molecule has 0 spiro atoms. The highest BCUT2D eigenvalue weighted by Gasteiger charge is 2.50. The average Bonchev–Trinajstić information content (AvgIpc) is 3.00. The number of methoxy groups -OCH3 is 1. The van der Waals surface area contributed by atoms with Gasteiger partial charge in [-0.1, -0.05) is 107 Å². The number of ether oxygens (including phenoxy) is 2. The van der Waals surface area contributed by atoms with E-state index in [-0.39, 0.29) is 17.6 Å². The molecule has 0 aliphatic rings. The van der Waals surface area contributed by atoms with Gasteiger partial charge in [0.25, 0.3) is 8.32 Å². The topological polar surface area (TPSA) is 85.2 Å². The van der Waals surface area contributed by atoms with Crippen molar-refractivity contribution in [3.8, 4) is 5.75 Å². The molecule has 3 rings (SSSR count). The Morgan fingerprint density at radius 2 is 1.43 bits per heavy atom. The fraction of sp³-hybridized carbons (Fsp3) is 0.400. The molecule has 7 heteroatoms. The van der Waals surface area contributed by atoms with E-state index < -0.39 is 32.4 Å². The monoisotopic (exact) mass is 590 g/mol. The van der Waals surface area contributed by atoms with Crippen molar-refractivity contribution < 1.29 is 28.9 Å². The van der Waals surface area contributed by atoms with Crippen molar-refractivity contribution in [1.29, 1.82) is 0 Å². The molecule has 6 nitrogen and oxygen atoms in total. The zero-order chi connectivity index (χ0) is 30.8. The summed E-state index contributed by atoms with van der Waals surface area (Å²) in [4.78, 5) is 13.3. The van der Waals surface area contributed by atoms with Crippen LogP contribution in [-0.2, 0) is 9.16 Å². The first-order valence-electron chi connectivity index (χ1n) is 14.6. The van der Waals surface area contributed by atoms with Crippen LogP contribution in [0.5, 0.6) is 5.75 Å². The molecule has 0 radical (unpaired) electrons. The van der Waals surface area contributed by atoms with E-state index in [1.165, 1.54) is 10.4 Å². The summed E-state index contributed by atoms with van der Waals surface area (Å²) in [5, 5.41) is 22.3. The fourth-order valence-electron chi connectivity index (χ4n) is 5.52. The standard InChI is InChI=1S/C35H46O6Si/c1-26(25-40-42(35(3,4)5,30-15-9-7-10-16-30)31-17-11-8-12-18-31)33(27(2)32(37)19-13-14-24-36)41-34(38)28-20-22-29(39-6)23-21-28/h7-18,20-23,26-27,32-33,36-37H,19,24-25H2,1-6H3/b14-13+/t26-,27-,32-,33-/m0/s1. The molecule has 0 unspecified atom stereocenters. The van der Waals surface area contributed by atoms with Crippen LogP contribution in [0.15, 0.2) is 97.1 Å². The third kappa shape index (κ3) is 7.98. The van der Waals surface area contributed by atoms with Crippen LogP contribution in [0.1, 0.15) is 51.4 Å². The molecule has 3 aromatic carbocycles. The molecule has 226 valence electrons. The van der Waals surface area contributed by atoms with Crippen LogP contribution < -0.4 is 15.1 Å². The quantitative estimate of drug-likeness (QED) is 0.149. The number of aliphatic hydroxyl groups excluding tert-OH is 2. The first-order valence-corrected chi connectivity index (χ1v) is 16.5. The van der Waals surface area contributed by atoms with Gasteiger partial charge in [-0.15, -0.1) is 0 Å². The molecular formula is C35H46O6Si. The van der Waals surface area contributed by atoms with E-state index >= 15 is 0 Å². The minimum atomic E-state index is -2.82.